The lowest BCUT2D eigenvalue weighted by atomic mass is 9.78. The van der Waals surface area contributed by atoms with E-state index in [0.29, 0.717) is 0 Å². The van der Waals surface area contributed by atoms with Crippen molar-refractivity contribution >= 4 is 16.9 Å². The minimum Gasteiger partial charge on any atom is -0.549 e. The smallest absolute Gasteiger partial charge is 0.100 e. The maximum Gasteiger partial charge on any atom is 0.100 e. The molecule has 0 spiro atoms. The summed E-state index contributed by atoms with van der Waals surface area (Å²) in [4.78, 5) is 15.6. The third-order valence-corrected chi connectivity index (χ3v) is 6.11. The van der Waals surface area contributed by atoms with Crippen LogP contribution in [-0.2, 0) is 11.2 Å². The fourth-order valence-electron chi connectivity index (χ4n) is 4.77. The molecule has 0 radical (unpaired) electrons. The Bertz CT molecular complexity index is 835. The van der Waals surface area contributed by atoms with Gasteiger partial charge in [-0.05, 0) is 24.1 Å². The zero-order chi connectivity index (χ0) is 16.9. The van der Waals surface area contributed by atoms with Crippen LogP contribution in [0.5, 0.6) is 0 Å². The average molecular weight is 324 g/mol. The summed E-state index contributed by atoms with van der Waals surface area (Å²) in [6.07, 6.45) is 3.94. The number of hydrogen-bond donors (Lipinski definition) is 1. The predicted octanol–water partition coefficient (Wildman–Crippen LogP) is 1.97. The molecule has 2 aromatic rings. The molecular weight excluding hydrogens is 300 g/mol. The number of nitrogens with one attached hydrogen (secondary N) is 1. The summed E-state index contributed by atoms with van der Waals surface area (Å²) in [5, 5.41) is 13.3. The largest absolute Gasteiger partial charge is 0.549 e. The van der Waals surface area contributed by atoms with E-state index in [2.05, 4.69) is 24.2 Å². The van der Waals surface area contributed by atoms with Crippen molar-refractivity contribution in [1.29, 1.82) is 0 Å². The van der Waals surface area contributed by atoms with Crippen LogP contribution in [0.25, 0.3) is 10.9 Å². The summed E-state index contributed by atoms with van der Waals surface area (Å²) in [6, 6.07) is 8.15. The molecule has 1 aromatic carbocycles. The van der Waals surface area contributed by atoms with E-state index in [1.807, 2.05) is 25.1 Å². The summed E-state index contributed by atoms with van der Waals surface area (Å²) >= 11 is 0. The number of aliphatic carboxylic acids is 1. The van der Waals surface area contributed by atoms with Crippen LogP contribution in [0.3, 0.4) is 0 Å². The Kier molecular flexibility index (Phi) is 3.53. The Morgan fingerprint density at radius 3 is 2.88 bits per heavy atom. The van der Waals surface area contributed by atoms with Crippen molar-refractivity contribution in [2.24, 2.45) is 5.92 Å². The highest BCUT2D eigenvalue weighted by Crippen LogP contribution is 2.42. The minimum atomic E-state index is -0.954. The fraction of sp³-hybridized carbons (Fsp3) is 0.450. The molecule has 0 saturated carbocycles. The lowest BCUT2D eigenvalue weighted by Gasteiger charge is -2.43. The molecule has 0 amide bonds. The maximum atomic E-state index is 12.1. The minimum absolute atomic E-state index is 0.0381. The number of H-pyrrole nitrogens is 1. The van der Waals surface area contributed by atoms with Crippen molar-refractivity contribution < 1.29 is 14.4 Å². The van der Waals surface area contributed by atoms with Gasteiger partial charge in [0.2, 0.25) is 0 Å². The predicted molar refractivity (Wildman–Crippen MR) is 92.4 cm³/mol. The van der Waals surface area contributed by atoms with Crippen molar-refractivity contribution in [3.63, 3.8) is 0 Å². The summed E-state index contributed by atoms with van der Waals surface area (Å²) in [5.41, 5.74) is 4.35. The first-order valence-corrected chi connectivity index (χ1v) is 8.81. The third kappa shape index (κ3) is 2.28. The van der Waals surface area contributed by atoms with Crippen molar-refractivity contribution in [1.82, 2.24) is 4.98 Å². The standard InChI is InChI=1S/C20H24N2O2/c1-3-13-12-22(2)10-8-14(13)18(20(23)24)19-16(9-11-22)15-6-4-5-7-17(15)21-19/h3-7,14,18,21H,8-12H2,1-2H3/b13-3-/t14-,18-,22-/m0/s1. The molecule has 1 fully saturated rings. The van der Waals surface area contributed by atoms with Gasteiger partial charge >= 0.3 is 0 Å². The van der Waals surface area contributed by atoms with Crippen LogP contribution in [0.2, 0.25) is 0 Å². The number of likely N-dealkylation sites (N-methyl/N-ethyl adjacent to an activating group) is 1. The number of aromatic nitrogens is 1. The molecular formula is C20H24N2O2. The van der Waals surface area contributed by atoms with Crippen LogP contribution in [0, 0.1) is 5.92 Å². The Hall–Kier alpha value is -2.07. The summed E-state index contributed by atoms with van der Waals surface area (Å²) in [5.74, 6) is -1.49. The molecule has 0 aliphatic carbocycles. The highest BCUT2D eigenvalue weighted by atomic mass is 16.4. The molecule has 2 bridgehead atoms. The Morgan fingerprint density at radius 1 is 1.33 bits per heavy atom. The first kappa shape index (κ1) is 15.5. The fourth-order valence-corrected chi connectivity index (χ4v) is 4.77. The lowest BCUT2D eigenvalue weighted by Crippen LogP contribution is -2.52. The third-order valence-electron chi connectivity index (χ3n) is 6.11. The number of fused-ring (bicyclic) bond motifs is 4. The van der Waals surface area contributed by atoms with Crippen LogP contribution in [0.15, 0.2) is 35.9 Å². The van der Waals surface area contributed by atoms with Gasteiger partial charge in [-0.15, -0.1) is 0 Å². The van der Waals surface area contributed by atoms with E-state index in [9.17, 15) is 9.90 Å². The number of allylic oxidation sites excluding steroid dienone is 1. The molecule has 5 rings (SSSR count). The van der Waals surface area contributed by atoms with E-state index in [1.165, 1.54) is 11.1 Å². The second-order valence-corrected chi connectivity index (χ2v) is 7.59. The number of piperidine rings is 1. The molecule has 1 N–H and O–H groups in total. The monoisotopic (exact) mass is 324 g/mol. The number of carboxylic acid groups (broad SMARTS) is 1. The molecule has 126 valence electrons. The molecule has 4 heteroatoms. The zero-order valence-electron chi connectivity index (χ0n) is 14.3. The Balaban J connectivity index is 1.96. The van der Waals surface area contributed by atoms with Gasteiger partial charge in [0, 0.05) is 41.3 Å². The first-order valence-electron chi connectivity index (χ1n) is 8.81. The molecule has 3 atom stereocenters. The number of carbonyl (C=O) groups is 1. The van der Waals surface area contributed by atoms with Crippen LogP contribution < -0.4 is 5.11 Å². The molecule has 4 nitrogen and oxygen atoms in total. The summed E-state index contributed by atoms with van der Waals surface area (Å²) in [7, 11) is 2.30. The van der Waals surface area contributed by atoms with Crippen molar-refractivity contribution in [2.45, 2.75) is 25.7 Å². The van der Waals surface area contributed by atoms with Crippen LogP contribution in [-0.4, -0.2) is 42.1 Å². The number of carbonyl (C=O) groups excluding carboxylic acids is 1. The van der Waals surface area contributed by atoms with Crippen molar-refractivity contribution in [3.8, 4) is 0 Å². The molecule has 1 saturated heterocycles. The van der Waals surface area contributed by atoms with Gasteiger partial charge in [-0.25, -0.2) is 0 Å². The van der Waals surface area contributed by atoms with E-state index in [-0.39, 0.29) is 5.92 Å². The first-order chi connectivity index (χ1) is 11.5. The highest BCUT2D eigenvalue weighted by molar-refractivity contribution is 5.87. The zero-order valence-corrected chi connectivity index (χ0v) is 14.3. The van der Waals surface area contributed by atoms with Gasteiger partial charge in [-0.3, -0.25) is 0 Å². The number of aromatic amines is 1. The number of quaternary nitrogens is 1. The van der Waals surface area contributed by atoms with Gasteiger partial charge in [0.25, 0.3) is 0 Å². The Morgan fingerprint density at radius 2 is 2.12 bits per heavy atom. The second-order valence-electron chi connectivity index (χ2n) is 7.59. The average Bonchev–Trinajstić information content (AvgIpc) is 2.95. The van der Waals surface area contributed by atoms with E-state index in [1.54, 1.807) is 0 Å². The van der Waals surface area contributed by atoms with Crippen molar-refractivity contribution in [3.05, 3.63) is 47.2 Å². The van der Waals surface area contributed by atoms with Gasteiger partial charge in [-0.1, -0.05) is 24.3 Å². The van der Waals surface area contributed by atoms with E-state index in [4.69, 9.17) is 0 Å². The normalized spacial score (nSPS) is 31.5. The van der Waals surface area contributed by atoms with E-state index >= 15 is 0 Å². The summed E-state index contributed by atoms with van der Waals surface area (Å²) in [6.45, 7) is 5.06. The molecule has 4 heterocycles. The molecule has 0 unspecified atom stereocenters. The maximum absolute atomic E-state index is 12.1. The molecule has 24 heavy (non-hydrogen) atoms. The van der Waals surface area contributed by atoms with Gasteiger partial charge in [0.05, 0.1) is 26.1 Å². The summed E-state index contributed by atoms with van der Waals surface area (Å²) < 4.78 is 0.995. The number of carboxylic acids is 1. The number of hydrogen-bond acceptors (Lipinski definition) is 2. The van der Waals surface area contributed by atoms with E-state index < -0.39 is 11.9 Å². The Labute approximate surface area is 142 Å². The molecule has 3 aliphatic heterocycles. The highest BCUT2D eigenvalue weighted by Gasteiger charge is 2.41. The van der Waals surface area contributed by atoms with Gasteiger partial charge < -0.3 is 19.4 Å². The molecule has 3 aliphatic rings. The number of nitrogens with zero attached hydrogens (tertiary/aromatic N) is 1. The van der Waals surface area contributed by atoms with Crippen LogP contribution in [0.4, 0.5) is 0 Å². The van der Waals surface area contributed by atoms with Crippen molar-refractivity contribution in [2.75, 3.05) is 26.7 Å². The van der Waals surface area contributed by atoms with E-state index in [0.717, 1.165) is 53.6 Å². The molecule has 1 aromatic heterocycles. The second kappa shape index (κ2) is 5.49. The SMILES string of the molecule is C/C=C1/C[N@+]2(C)CCc3c([nH]c4ccccc34)[C@@H](C(=O)[O-])[C@H]1CC2. The quantitative estimate of drug-likeness (QED) is 0.644. The number of para-hydroxylation sites is 1. The van der Waals surface area contributed by atoms with Crippen LogP contribution in [0.1, 0.15) is 30.5 Å². The van der Waals surface area contributed by atoms with Gasteiger partial charge in [0.1, 0.15) is 6.54 Å². The topological polar surface area (TPSA) is 55.9 Å². The van der Waals surface area contributed by atoms with Gasteiger partial charge in [0.15, 0.2) is 0 Å². The van der Waals surface area contributed by atoms with Crippen LogP contribution >= 0.6 is 0 Å². The van der Waals surface area contributed by atoms with Gasteiger partial charge in [-0.2, -0.15) is 0 Å². The lowest BCUT2D eigenvalue weighted by molar-refractivity contribution is -0.909. The number of rotatable bonds is 1. The number of benzene rings is 1.